The maximum absolute atomic E-state index is 12.2. The molecule has 0 aliphatic rings. The number of carbonyl (C=O) groups is 1. The Morgan fingerprint density at radius 1 is 1.18 bits per heavy atom. The number of aromatic nitrogens is 3. The van der Waals surface area contributed by atoms with Crippen LogP contribution in [0.1, 0.15) is 10.6 Å². The number of nitrogens with zero attached hydrogens (tertiary/aromatic N) is 3. The van der Waals surface area contributed by atoms with Crippen LogP contribution >= 0.6 is 23.1 Å². The minimum atomic E-state index is -0.0398. The van der Waals surface area contributed by atoms with Crippen LogP contribution in [0.15, 0.2) is 69.7 Å². The molecule has 0 spiro atoms. The maximum atomic E-state index is 12.2. The fourth-order valence-corrected chi connectivity index (χ4v) is 4.17. The van der Waals surface area contributed by atoms with Gasteiger partial charge < -0.3 is 9.73 Å². The highest BCUT2D eigenvalue weighted by atomic mass is 32.2. The van der Waals surface area contributed by atoms with Crippen molar-refractivity contribution in [3.8, 4) is 17.1 Å². The number of hydrogen-bond acceptors (Lipinski definition) is 6. The van der Waals surface area contributed by atoms with Crippen LogP contribution in [-0.4, -0.2) is 26.4 Å². The Labute approximate surface area is 170 Å². The predicted octanol–water partition coefficient (Wildman–Crippen LogP) is 4.31. The molecule has 0 radical (unpaired) electrons. The first-order valence-electron chi connectivity index (χ1n) is 8.69. The second-order valence-electron chi connectivity index (χ2n) is 6.01. The summed E-state index contributed by atoms with van der Waals surface area (Å²) in [5, 5.41) is 14.3. The van der Waals surface area contributed by atoms with Gasteiger partial charge in [-0.25, -0.2) is 0 Å². The van der Waals surface area contributed by atoms with Crippen molar-refractivity contribution < 1.29 is 9.21 Å². The van der Waals surface area contributed by atoms with E-state index in [0.29, 0.717) is 17.5 Å². The first-order valence-corrected chi connectivity index (χ1v) is 10.6. The number of thioether (sulfide) groups is 1. The summed E-state index contributed by atoms with van der Waals surface area (Å²) in [6.45, 7) is 2.44. The van der Waals surface area contributed by atoms with E-state index in [1.165, 1.54) is 11.8 Å². The van der Waals surface area contributed by atoms with Crippen molar-refractivity contribution in [2.45, 2.75) is 18.6 Å². The van der Waals surface area contributed by atoms with Gasteiger partial charge >= 0.3 is 0 Å². The van der Waals surface area contributed by atoms with Gasteiger partial charge in [0.25, 0.3) is 0 Å². The molecule has 3 aromatic heterocycles. The normalized spacial score (nSPS) is 10.9. The molecule has 4 aromatic rings. The second-order valence-corrected chi connectivity index (χ2v) is 7.99. The Bertz CT molecular complexity index is 1060. The SMILES string of the molecule is Cc1occc1-c1nnc(SCC(=O)NCc2cccs2)n1-c1ccccc1. The first-order chi connectivity index (χ1) is 13.7. The maximum Gasteiger partial charge on any atom is 0.230 e. The summed E-state index contributed by atoms with van der Waals surface area (Å²) in [5.41, 5.74) is 1.81. The lowest BCUT2D eigenvalue weighted by Gasteiger charge is -2.10. The monoisotopic (exact) mass is 410 g/mol. The molecule has 1 amide bonds. The summed E-state index contributed by atoms with van der Waals surface area (Å²) in [6, 6.07) is 15.7. The van der Waals surface area contributed by atoms with Crippen LogP contribution in [0.25, 0.3) is 17.1 Å². The summed E-state index contributed by atoms with van der Waals surface area (Å²) in [5.74, 6) is 1.69. The van der Waals surface area contributed by atoms with Crippen LogP contribution in [0.4, 0.5) is 0 Å². The number of hydrogen-bond donors (Lipinski definition) is 1. The molecule has 1 N–H and O–H groups in total. The zero-order chi connectivity index (χ0) is 19.3. The minimum Gasteiger partial charge on any atom is -0.469 e. The van der Waals surface area contributed by atoms with Gasteiger partial charge in [-0.15, -0.1) is 21.5 Å². The Morgan fingerprint density at radius 2 is 2.04 bits per heavy atom. The number of thiophene rings is 1. The number of aryl methyl sites for hydroxylation is 1. The number of nitrogens with one attached hydrogen (secondary N) is 1. The van der Waals surface area contributed by atoms with E-state index in [4.69, 9.17) is 4.42 Å². The molecule has 0 fully saturated rings. The lowest BCUT2D eigenvalue weighted by molar-refractivity contribution is -0.118. The average Bonchev–Trinajstić information content (AvgIpc) is 3.46. The number of rotatable bonds is 7. The summed E-state index contributed by atoms with van der Waals surface area (Å²) in [7, 11) is 0. The highest BCUT2D eigenvalue weighted by molar-refractivity contribution is 7.99. The van der Waals surface area contributed by atoms with Crippen LogP contribution in [-0.2, 0) is 11.3 Å². The lowest BCUT2D eigenvalue weighted by atomic mass is 10.2. The molecule has 0 saturated carbocycles. The zero-order valence-electron chi connectivity index (χ0n) is 15.2. The highest BCUT2D eigenvalue weighted by Gasteiger charge is 2.19. The molecule has 142 valence electrons. The molecule has 28 heavy (non-hydrogen) atoms. The van der Waals surface area contributed by atoms with E-state index in [9.17, 15) is 4.79 Å². The van der Waals surface area contributed by atoms with E-state index in [1.807, 2.05) is 65.4 Å². The van der Waals surface area contributed by atoms with Crippen molar-refractivity contribution in [1.29, 1.82) is 0 Å². The van der Waals surface area contributed by atoms with E-state index < -0.39 is 0 Å². The van der Waals surface area contributed by atoms with Gasteiger partial charge in [0, 0.05) is 10.6 Å². The molecule has 0 aliphatic heterocycles. The fourth-order valence-electron chi connectivity index (χ4n) is 2.74. The molecule has 0 bridgehead atoms. The summed E-state index contributed by atoms with van der Waals surface area (Å²) >= 11 is 2.99. The van der Waals surface area contributed by atoms with Gasteiger partial charge in [-0.05, 0) is 36.6 Å². The molecule has 0 atom stereocenters. The van der Waals surface area contributed by atoms with E-state index in [0.717, 1.165) is 21.9 Å². The molecule has 0 unspecified atom stereocenters. The fraction of sp³-hybridized carbons (Fsp3) is 0.150. The molecule has 0 aliphatic carbocycles. The molecule has 0 saturated heterocycles. The van der Waals surface area contributed by atoms with Crippen molar-refractivity contribution in [3.63, 3.8) is 0 Å². The third-order valence-electron chi connectivity index (χ3n) is 4.12. The second kappa shape index (κ2) is 8.45. The van der Waals surface area contributed by atoms with Crippen molar-refractivity contribution in [1.82, 2.24) is 20.1 Å². The van der Waals surface area contributed by atoms with Gasteiger partial charge in [0.1, 0.15) is 5.76 Å². The molecular weight excluding hydrogens is 392 g/mol. The largest absolute Gasteiger partial charge is 0.469 e. The topological polar surface area (TPSA) is 72.9 Å². The van der Waals surface area contributed by atoms with Crippen LogP contribution in [0.5, 0.6) is 0 Å². The quantitative estimate of drug-likeness (QED) is 0.460. The molecule has 1 aromatic carbocycles. The van der Waals surface area contributed by atoms with E-state index >= 15 is 0 Å². The number of carbonyl (C=O) groups excluding carboxylic acids is 1. The van der Waals surface area contributed by atoms with Gasteiger partial charge in [0.05, 0.1) is 24.1 Å². The molecular formula is C20H18N4O2S2. The third kappa shape index (κ3) is 4.02. The summed E-state index contributed by atoms with van der Waals surface area (Å²) in [6.07, 6.45) is 1.64. The standard InChI is InChI=1S/C20H18N4O2S2/c1-14-17(9-10-26-14)19-22-23-20(24(19)15-6-3-2-4-7-15)28-13-18(25)21-12-16-8-5-11-27-16/h2-11H,12-13H2,1H3,(H,21,25). The summed E-state index contributed by atoms with van der Waals surface area (Å²) in [4.78, 5) is 13.4. The van der Waals surface area contributed by atoms with Crippen molar-refractivity contribution in [3.05, 3.63) is 70.8 Å². The number of amides is 1. The van der Waals surface area contributed by atoms with E-state index in [2.05, 4.69) is 15.5 Å². The minimum absolute atomic E-state index is 0.0398. The van der Waals surface area contributed by atoms with Gasteiger partial charge in [-0.2, -0.15) is 0 Å². The van der Waals surface area contributed by atoms with Gasteiger partial charge in [-0.1, -0.05) is 36.0 Å². The highest BCUT2D eigenvalue weighted by Crippen LogP contribution is 2.30. The van der Waals surface area contributed by atoms with Crippen molar-refractivity contribution >= 4 is 29.0 Å². The zero-order valence-corrected chi connectivity index (χ0v) is 16.8. The smallest absolute Gasteiger partial charge is 0.230 e. The van der Waals surface area contributed by atoms with E-state index in [1.54, 1.807) is 17.6 Å². The van der Waals surface area contributed by atoms with Gasteiger partial charge in [-0.3, -0.25) is 9.36 Å². The third-order valence-corrected chi connectivity index (χ3v) is 5.93. The predicted molar refractivity (Wildman–Crippen MR) is 111 cm³/mol. The van der Waals surface area contributed by atoms with Crippen LogP contribution in [0, 0.1) is 6.92 Å². The van der Waals surface area contributed by atoms with Crippen LogP contribution in [0.2, 0.25) is 0 Å². The lowest BCUT2D eigenvalue weighted by Crippen LogP contribution is -2.24. The Kier molecular flexibility index (Phi) is 5.59. The first kappa shape index (κ1) is 18.5. The number of para-hydroxylation sites is 1. The molecule has 6 nitrogen and oxygen atoms in total. The van der Waals surface area contributed by atoms with Crippen LogP contribution in [0.3, 0.4) is 0 Å². The number of benzene rings is 1. The summed E-state index contributed by atoms with van der Waals surface area (Å²) < 4.78 is 7.39. The Balaban J connectivity index is 1.54. The molecule has 3 heterocycles. The van der Waals surface area contributed by atoms with Crippen molar-refractivity contribution in [2.75, 3.05) is 5.75 Å². The van der Waals surface area contributed by atoms with E-state index in [-0.39, 0.29) is 11.7 Å². The average molecular weight is 411 g/mol. The Morgan fingerprint density at radius 3 is 2.75 bits per heavy atom. The van der Waals surface area contributed by atoms with Crippen LogP contribution < -0.4 is 5.32 Å². The Hall–Kier alpha value is -2.84. The van der Waals surface area contributed by atoms with Crippen molar-refractivity contribution in [2.24, 2.45) is 0 Å². The van der Waals surface area contributed by atoms with Gasteiger partial charge in [0.15, 0.2) is 11.0 Å². The number of furan rings is 1. The molecule has 4 rings (SSSR count). The van der Waals surface area contributed by atoms with Gasteiger partial charge in [0.2, 0.25) is 5.91 Å². The molecule has 8 heteroatoms.